The van der Waals surface area contributed by atoms with Gasteiger partial charge in [-0.3, -0.25) is 14.7 Å². The summed E-state index contributed by atoms with van der Waals surface area (Å²) in [6.07, 6.45) is 1.00. The Kier molecular flexibility index (Phi) is 5.72. The highest BCUT2D eigenvalue weighted by Crippen LogP contribution is 2.21. The first-order valence-corrected chi connectivity index (χ1v) is 8.66. The van der Waals surface area contributed by atoms with E-state index in [1.807, 2.05) is 34.6 Å². The zero-order valence-electron chi connectivity index (χ0n) is 15.3. The molecule has 0 saturated carbocycles. The third kappa shape index (κ3) is 4.61. The van der Waals surface area contributed by atoms with Crippen molar-refractivity contribution in [3.63, 3.8) is 0 Å². The van der Waals surface area contributed by atoms with Crippen molar-refractivity contribution >= 4 is 17.9 Å². The predicted molar refractivity (Wildman–Crippen MR) is 91.0 cm³/mol. The third-order valence-electron chi connectivity index (χ3n) is 4.02. The molecule has 0 bridgehead atoms. The molecule has 7 heteroatoms. The number of aliphatic imine (C=N–C) groups is 1. The van der Waals surface area contributed by atoms with Gasteiger partial charge in [-0.2, -0.15) is 0 Å². The molecule has 2 amide bonds. The molecule has 2 aliphatic rings. The Bertz CT molecular complexity index is 510. The molecule has 2 heterocycles. The van der Waals surface area contributed by atoms with Gasteiger partial charge in [-0.05, 0) is 39.5 Å². The molecule has 0 aromatic carbocycles. The van der Waals surface area contributed by atoms with Crippen LogP contribution in [-0.2, 0) is 14.3 Å². The van der Waals surface area contributed by atoms with Crippen LogP contribution < -0.4 is 5.32 Å². The van der Waals surface area contributed by atoms with Gasteiger partial charge in [-0.1, -0.05) is 13.8 Å². The molecule has 0 aromatic rings. The second-order valence-corrected chi connectivity index (χ2v) is 7.63. The second kappa shape index (κ2) is 7.40. The van der Waals surface area contributed by atoms with Gasteiger partial charge in [0, 0.05) is 6.54 Å². The van der Waals surface area contributed by atoms with Gasteiger partial charge >= 0.3 is 6.09 Å². The van der Waals surface area contributed by atoms with Crippen molar-refractivity contribution in [2.75, 3.05) is 19.7 Å². The lowest BCUT2D eigenvalue weighted by Crippen LogP contribution is -2.53. The fourth-order valence-electron chi connectivity index (χ4n) is 2.88. The van der Waals surface area contributed by atoms with Gasteiger partial charge in [0.2, 0.25) is 11.8 Å². The Morgan fingerprint density at radius 3 is 2.62 bits per heavy atom. The smallest absolute Gasteiger partial charge is 0.410 e. The molecule has 24 heavy (non-hydrogen) atoms. The van der Waals surface area contributed by atoms with Crippen LogP contribution >= 0.6 is 0 Å². The molecule has 1 fully saturated rings. The third-order valence-corrected chi connectivity index (χ3v) is 4.02. The Labute approximate surface area is 143 Å². The van der Waals surface area contributed by atoms with Gasteiger partial charge in [0.1, 0.15) is 24.3 Å². The molecule has 1 N–H and O–H groups in total. The SMILES string of the molecule is CC(C)[C@@H](NC(=O)[C@@H]1CCCN1C(=O)OC(C)(C)C)C1=NCCO1. The van der Waals surface area contributed by atoms with E-state index < -0.39 is 17.7 Å². The standard InChI is InChI=1S/C17H29N3O4/c1-11(2)13(15-18-8-10-23-15)19-14(21)12-7-6-9-20(12)16(22)24-17(3,4)5/h11-13H,6-10H2,1-5H3,(H,19,21)/t12-,13+/m0/s1. The average Bonchev–Trinajstić information content (AvgIpc) is 3.13. The molecule has 0 aliphatic carbocycles. The number of hydrogen-bond acceptors (Lipinski definition) is 5. The zero-order chi connectivity index (χ0) is 17.9. The number of ether oxygens (including phenoxy) is 2. The maximum absolute atomic E-state index is 12.7. The van der Waals surface area contributed by atoms with Crippen LogP contribution in [0.25, 0.3) is 0 Å². The minimum atomic E-state index is -0.576. The van der Waals surface area contributed by atoms with Crippen LogP contribution in [0.4, 0.5) is 4.79 Å². The van der Waals surface area contributed by atoms with E-state index in [0.29, 0.717) is 32.0 Å². The summed E-state index contributed by atoms with van der Waals surface area (Å²) in [6, 6.07) is -0.760. The Morgan fingerprint density at radius 2 is 2.08 bits per heavy atom. The van der Waals surface area contributed by atoms with Crippen LogP contribution in [0.1, 0.15) is 47.5 Å². The molecule has 2 rings (SSSR count). The highest BCUT2D eigenvalue weighted by Gasteiger charge is 2.38. The molecule has 7 nitrogen and oxygen atoms in total. The summed E-state index contributed by atoms with van der Waals surface area (Å²) in [7, 11) is 0. The van der Waals surface area contributed by atoms with E-state index in [4.69, 9.17) is 9.47 Å². The van der Waals surface area contributed by atoms with Crippen molar-refractivity contribution in [2.24, 2.45) is 10.9 Å². The van der Waals surface area contributed by atoms with E-state index in [1.165, 1.54) is 4.90 Å². The number of carbonyl (C=O) groups excluding carboxylic acids is 2. The van der Waals surface area contributed by atoms with E-state index in [0.717, 1.165) is 6.42 Å². The van der Waals surface area contributed by atoms with E-state index in [1.54, 1.807) is 0 Å². The number of nitrogens with zero attached hydrogens (tertiary/aromatic N) is 2. The number of amides is 2. The number of carbonyl (C=O) groups is 2. The van der Waals surface area contributed by atoms with Crippen LogP contribution in [-0.4, -0.2) is 60.2 Å². The first-order chi connectivity index (χ1) is 11.2. The number of rotatable bonds is 4. The number of nitrogens with one attached hydrogen (secondary N) is 1. The van der Waals surface area contributed by atoms with E-state index in [2.05, 4.69) is 10.3 Å². The lowest BCUT2D eigenvalue weighted by atomic mass is 10.0. The molecule has 0 spiro atoms. The molecule has 0 unspecified atom stereocenters. The maximum Gasteiger partial charge on any atom is 0.410 e. The van der Waals surface area contributed by atoms with Crippen molar-refractivity contribution in [2.45, 2.75) is 65.1 Å². The van der Waals surface area contributed by atoms with Crippen molar-refractivity contribution in [3.8, 4) is 0 Å². The lowest BCUT2D eigenvalue weighted by Gasteiger charge is -2.29. The van der Waals surface area contributed by atoms with E-state index >= 15 is 0 Å². The topological polar surface area (TPSA) is 80.2 Å². The van der Waals surface area contributed by atoms with Crippen LogP contribution in [0.3, 0.4) is 0 Å². The molecule has 0 aromatic heterocycles. The van der Waals surface area contributed by atoms with Crippen LogP contribution in [0.2, 0.25) is 0 Å². The zero-order valence-corrected chi connectivity index (χ0v) is 15.3. The lowest BCUT2D eigenvalue weighted by molar-refractivity contribution is -0.126. The van der Waals surface area contributed by atoms with Crippen LogP contribution in [0.5, 0.6) is 0 Å². The first kappa shape index (κ1) is 18.5. The molecule has 0 radical (unpaired) electrons. The average molecular weight is 339 g/mol. The van der Waals surface area contributed by atoms with E-state index in [9.17, 15) is 9.59 Å². The molecule has 136 valence electrons. The van der Waals surface area contributed by atoms with Crippen molar-refractivity contribution in [1.82, 2.24) is 10.2 Å². The van der Waals surface area contributed by atoms with Gasteiger partial charge in [0.15, 0.2) is 0 Å². The number of likely N-dealkylation sites (tertiary alicyclic amines) is 1. The fourth-order valence-corrected chi connectivity index (χ4v) is 2.88. The normalized spacial score (nSPS) is 22.2. The number of hydrogen-bond donors (Lipinski definition) is 1. The van der Waals surface area contributed by atoms with Crippen molar-refractivity contribution in [1.29, 1.82) is 0 Å². The van der Waals surface area contributed by atoms with Crippen molar-refractivity contribution < 1.29 is 19.1 Å². The van der Waals surface area contributed by atoms with Crippen LogP contribution in [0, 0.1) is 5.92 Å². The summed E-state index contributed by atoms with van der Waals surface area (Å²) in [4.78, 5) is 30.9. The monoisotopic (exact) mass is 339 g/mol. The van der Waals surface area contributed by atoms with E-state index in [-0.39, 0.29) is 17.9 Å². The van der Waals surface area contributed by atoms with Gasteiger partial charge < -0.3 is 14.8 Å². The minimum Gasteiger partial charge on any atom is -0.478 e. The first-order valence-electron chi connectivity index (χ1n) is 8.66. The van der Waals surface area contributed by atoms with Crippen molar-refractivity contribution in [3.05, 3.63) is 0 Å². The maximum atomic E-state index is 12.7. The predicted octanol–water partition coefficient (Wildman–Crippen LogP) is 1.96. The fraction of sp³-hybridized carbons (Fsp3) is 0.824. The summed E-state index contributed by atoms with van der Waals surface area (Å²) in [5.74, 6) is 0.567. The summed E-state index contributed by atoms with van der Waals surface area (Å²) in [5, 5.41) is 3.00. The molecule has 1 saturated heterocycles. The quantitative estimate of drug-likeness (QED) is 0.849. The molecular weight excluding hydrogens is 310 g/mol. The minimum absolute atomic E-state index is 0.155. The Balaban J connectivity index is 2.03. The Morgan fingerprint density at radius 1 is 1.38 bits per heavy atom. The summed E-state index contributed by atoms with van der Waals surface area (Å²) in [5.41, 5.74) is -0.576. The van der Waals surface area contributed by atoms with Gasteiger partial charge in [0.25, 0.3) is 0 Å². The largest absolute Gasteiger partial charge is 0.478 e. The van der Waals surface area contributed by atoms with Gasteiger partial charge in [0.05, 0.1) is 6.54 Å². The Hall–Kier alpha value is -1.79. The molecule has 2 atom stereocenters. The second-order valence-electron chi connectivity index (χ2n) is 7.63. The summed E-state index contributed by atoms with van der Waals surface area (Å²) >= 11 is 0. The highest BCUT2D eigenvalue weighted by molar-refractivity contribution is 5.92. The molecule has 2 aliphatic heterocycles. The van der Waals surface area contributed by atoms with Gasteiger partial charge in [-0.25, -0.2) is 4.79 Å². The summed E-state index contributed by atoms with van der Waals surface area (Å²) in [6.45, 7) is 11.2. The van der Waals surface area contributed by atoms with Crippen LogP contribution in [0.15, 0.2) is 4.99 Å². The highest BCUT2D eigenvalue weighted by atomic mass is 16.6. The van der Waals surface area contributed by atoms with Gasteiger partial charge in [-0.15, -0.1) is 0 Å². The summed E-state index contributed by atoms with van der Waals surface area (Å²) < 4.78 is 10.9. The molecular formula is C17H29N3O4.